The SMILES string of the molecule is COc1ccc(F)cc1C(C)(C)CC(NCc1cc(Cl)nc(Cl)c1)C(F)(F)F. The zero-order chi connectivity index (χ0) is 21.1. The predicted molar refractivity (Wildman–Crippen MR) is 102 cm³/mol. The Labute approximate surface area is 171 Å². The molecule has 1 aromatic carbocycles. The summed E-state index contributed by atoms with van der Waals surface area (Å²) < 4.78 is 59.9. The molecule has 0 amide bonds. The Balaban J connectivity index is 2.25. The van der Waals surface area contributed by atoms with E-state index in [9.17, 15) is 17.6 Å². The van der Waals surface area contributed by atoms with E-state index in [1.165, 1.54) is 37.4 Å². The Morgan fingerprint density at radius 2 is 1.71 bits per heavy atom. The van der Waals surface area contributed by atoms with Crippen molar-refractivity contribution in [2.24, 2.45) is 0 Å². The van der Waals surface area contributed by atoms with E-state index in [4.69, 9.17) is 27.9 Å². The van der Waals surface area contributed by atoms with Crippen LogP contribution in [0.1, 0.15) is 31.4 Å². The van der Waals surface area contributed by atoms with Gasteiger partial charge in [-0.15, -0.1) is 0 Å². The number of rotatable bonds is 7. The molecule has 1 atom stereocenters. The summed E-state index contributed by atoms with van der Waals surface area (Å²) >= 11 is 11.6. The summed E-state index contributed by atoms with van der Waals surface area (Å²) in [7, 11) is 1.39. The smallest absolute Gasteiger partial charge is 0.403 e. The maximum absolute atomic E-state index is 13.7. The Kier molecular flexibility index (Phi) is 7.17. The molecular weight excluding hydrogens is 419 g/mol. The Bertz CT molecular complexity index is 808. The minimum atomic E-state index is -4.52. The molecule has 3 nitrogen and oxygen atoms in total. The summed E-state index contributed by atoms with van der Waals surface area (Å²) in [4.78, 5) is 3.77. The van der Waals surface area contributed by atoms with Crippen LogP contribution in [-0.2, 0) is 12.0 Å². The van der Waals surface area contributed by atoms with Crippen LogP contribution in [0.15, 0.2) is 30.3 Å². The molecule has 0 saturated heterocycles. The first kappa shape index (κ1) is 22.7. The average Bonchev–Trinajstić information content (AvgIpc) is 2.56. The molecular formula is C19H20Cl2F4N2O. The molecule has 1 aromatic heterocycles. The topological polar surface area (TPSA) is 34.1 Å². The van der Waals surface area contributed by atoms with Gasteiger partial charge in [0.25, 0.3) is 0 Å². The van der Waals surface area contributed by atoms with Gasteiger partial charge in [0, 0.05) is 12.1 Å². The van der Waals surface area contributed by atoms with Gasteiger partial charge in [-0.3, -0.25) is 0 Å². The van der Waals surface area contributed by atoms with Crippen molar-refractivity contribution < 1.29 is 22.3 Å². The number of ether oxygens (including phenoxy) is 1. The largest absolute Gasteiger partial charge is 0.496 e. The molecule has 1 N–H and O–H groups in total. The molecule has 2 rings (SSSR count). The van der Waals surface area contributed by atoms with Crippen molar-refractivity contribution >= 4 is 23.2 Å². The van der Waals surface area contributed by atoms with Gasteiger partial charge >= 0.3 is 6.18 Å². The molecule has 28 heavy (non-hydrogen) atoms. The number of benzene rings is 1. The van der Waals surface area contributed by atoms with Gasteiger partial charge in [0.05, 0.1) is 7.11 Å². The van der Waals surface area contributed by atoms with Crippen molar-refractivity contribution in [1.29, 1.82) is 0 Å². The monoisotopic (exact) mass is 438 g/mol. The first-order valence-electron chi connectivity index (χ1n) is 8.38. The molecule has 1 unspecified atom stereocenters. The number of hydrogen-bond donors (Lipinski definition) is 1. The molecule has 2 aromatic rings. The third kappa shape index (κ3) is 5.96. The van der Waals surface area contributed by atoms with E-state index in [1.807, 2.05) is 0 Å². The van der Waals surface area contributed by atoms with Crippen LogP contribution in [0.3, 0.4) is 0 Å². The van der Waals surface area contributed by atoms with Gasteiger partial charge in [-0.05, 0) is 47.7 Å². The average molecular weight is 439 g/mol. The minimum Gasteiger partial charge on any atom is -0.496 e. The van der Waals surface area contributed by atoms with Crippen LogP contribution < -0.4 is 10.1 Å². The molecule has 154 valence electrons. The lowest BCUT2D eigenvalue weighted by Gasteiger charge is -2.33. The standard InChI is InChI=1S/C19H20Cl2F4N2O/c1-18(2,13-8-12(22)4-5-14(13)28-3)9-15(19(23,24)25)26-10-11-6-16(20)27-17(21)7-11/h4-8,15,26H,9-10H2,1-3H3. The van der Waals surface area contributed by atoms with Crippen molar-refractivity contribution in [3.8, 4) is 5.75 Å². The first-order valence-corrected chi connectivity index (χ1v) is 9.14. The number of alkyl halides is 3. The van der Waals surface area contributed by atoms with E-state index in [0.717, 1.165) is 0 Å². The molecule has 1 heterocycles. The van der Waals surface area contributed by atoms with Gasteiger partial charge in [0.1, 0.15) is 27.9 Å². The minimum absolute atomic E-state index is 0.0951. The van der Waals surface area contributed by atoms with Crippen LogP contribution in [0.4, 0.5) is 17.6 Å². The van der Waals surface area contributed by atoms with Gasteiger partial charge in [0.15, 0.2) is 0 Å². The molecule has 0 aliphatic heterocycles. The van der Waals surface area contributed by atoms with E-state index in [0.29, 0.717) is 16.9 Å². The Morgan fingerprint density at radius 3 is 2.25 bits per heavy atom. The van der Waals surface area contributed by atoms with Crippen LogP contribution in [0, 0.1) is 5.82 Å². The summed E-state index contributed by atoms with van der Waals surface area (Å²) in [5.41, 5.74) is -0.185. The number of nitrogens with zero attached hydrogens (tertiary/aromatic N) is 1. The van der Waals surface area contributed by atoms with Gasteiger partial charge in [0.2, 0.25) is 0 Å². The quantitative estimate of drug-likeness (QED) is 0.429. The number of halogens is 6. The molecule has 0 fully saturated rings. The number of pyridine rings is 1. The van der Waals surface area contributed by atoms with E-state index >= 15 is 0 Å². The lowest BCUT2D eigenvalue weighted by atomic mass is 9.78. The fourth-order valence-corrected chi connectivity index (χ4v) is 3.50. The summed E-state index contributed by atoms with van der Waals surface area (Å²) in [6.45, 7) is 3.12. The zero-order valence-corrected chi connectivity index (χ0v) is 17.0. The summed E-state index contributed by atoms with van der Waals surface area (Å²) in [6.07, 6.45) is -4.85. The van der Waals surface area contributed by atoms with Crippen molar-refractivity contribution in [3.63, 3.8) is 0 Å². The van der Waals surface area contributed by atoms with E-state index < -0.39 is 23.5 Å². The highest BCUT2D eigenvalue weighted by atomic mass is 35.5. The highest BCUT2D eigenvalue weighted by Gasteiger charge is 2.43. The van der Waals surface area contributed by atoms with Crippen LogP contribution in [0.25, 0.3) is 0 Å². The molecule has 0 spiro atoms. The predicted octanol–water partition coefficient (Wildman–Crippen LogP) is 5.92. The summed E-state index contributed by atoms with van der Waals surface area (Å²) in [6, 6.07) is 4.84. The maximum Gasteiger partial charge on any atom is 0.403 e. The fourth-order valence-electron chi connectivity index (χ4n) is 2.99. The molecule has 0 aliphatic carbocycles. The second-order valence-corrected chi connectivity index (χ2v) is 7.80. The number of aromatic nitrogens is 1. The van der Waals surface area contributed by atoms with Crippen LogP contribution in [0.2, 0.25) is 10.3 Å². The fraction of sp³-hybridized carbons (Fsp3) is 0.421. The number of nitrogens with one attached hydrogen (secondary N) is 1. The van der Waals surface area contributed by atoms with Crippen LogP contribution >= 0.6 is 23.2 Å². The van der Waals surface area contributed by atoms with E-state index in [2.05, 4.69) is 10.3 Å². The molecule has 0 radical (unpaired) electrons. The van der Waals surface area contributed by atoms with Crippen molar-refractivity contribution in [2.75, 3.05) is 7.11 Å². The van der Waals surface area contributed by atoms with Crippen LogP contribution in [0.5, 0.6) is 5.75 Å². The second-order valence-electron chi connectivity index (χ2n) is 7.03. The van der Waals surface area contributed by atoms with Crippen molar-refractivity contribution in [1.82, 2.24) is 10.3 Å². The number of hydrogen-bond acceptors (Lipinski definition) is 3. The molecule has 0 bridgehead atoms. The van der Waals surface area contributed by atoms with Crippen molar-refractivity contribution in [3.05, 3.63) is 57.6 Å². The van der Waals surface area contributed by atoms with Gasteiger partial charge in [-0.25, -0.2) is 9.37 Å². The van der Waals surface area contributed by atoms with Gasteiger partial charge in [-0.2, -0.15) is 13.2 Å². The van der Waals surface area contributed by atoms with Gasteiger partial charge in [-0.1, -0.05) is 37.0 Å². The first-order chi connectivity index (χ1) is 12.9. The molecule has 9 heteroatoms. The summed E-state index contributed by atoms with van der Waals surface area (Å²) in [5, 5.41) is 2.69. The third-order valence-electron chi connectivity index (χ3n) is 4.38. The zero-order valence-electron chi connectivity index (χ0n) is 15.5. The number of methoxy groups -OCH3 is 1. The van der Waals surface area contributed by atoms with E-state index in [1.54, 1.807) is 13.8 Å². The Morgan fingerprint density at radius 1 is 1.11 bits per heavy atom. The van der Waals surface area contributed by atoms with Crippen molar-refractivity contribution in [2.45, 2.75) is 44.4 Å². The summed E-state index contributed by atoms with van der Waals surface area (Å²) in [5.74, 6) is -0.207. The van der Waals surface area contributed by atoms with Gasteiger partial charge < -0.3 is 10.1 Å². The van der Waals surface area contributed by atoms with E-state index in [-0.39, 0.29) is 23.3 Å². The third-order valence-corrected chi connectivity index (χ3v) is 4.76. The lowest BCUT2D eigenvalue weighted by molar-refractivity contribution is -0.160. The highest BCUT2D eigenvalue weighted by Crippen LogP contribution is 2.38. The normalized spacial score (nSPS) is 13.5. The maximum atomic E-state index is 13.7. The lowest BCUT2D eigenvalue weighted by Crippen LogP contribution is -2.45. The second kappa shape index (κ2) is 8.84. The molecule has 0 aliphatic rings. The van der Waals surface area contributed by atoms with Crippen LogP contribution in [-0.4, -0.2) is 24.3 Å². The Hall–Kier alpha value is -1.57. The highest BCUT2D eigenvalue weighted by molar-refractivity contribution is 6.32. The molecule has 0 saturated carbocycles.